The summed E-state index contributed by atoms with van der Waals surface area (Å²) < 4.78 is 38.1. The molecule has 0 aliphatic rings. The molecule has 0 saturated heterocycles. The normalized spacial score (nSPS) is 11.7. The molecule has 0 amide bonds. The fourth-order valence-electron chi connectivity index (χ4n) is 2.34. The number of benzene rings is 2. The van der Waals surface area contributed by atoms with Gasteiger partial charge in [-0.25, -0.2) is 4.79 Å². The van der Waals surface area contributed by atoms with E-state index in [1.165, 1.54) is 26.0 Å². The first kappa shape index (κ1) is 21.6. The topological polar surface area (TPSA) is 99.1 Å². The third-order valence-corrected chi connectivity index (χ3v) is 4.23. The fourth-order valence-corrected chi connectivity index (χ4v) is 2.80. The number of rotatable bonds is 10. The van der Waals surface area contributed by atoms with Crippen molar-refractivity contribution in [3.05, 3.63) is 54.1 Å². The van der Waals surface area contributed by atoms with E-state index < -0.39 is 21.7 Å². The number of hydrogen-bond donors (Lipinski definition) is 1. The van der Waals surface area contributed by atoms with Crippen LogP contribution in [0.25, 0.3) is 0 Å². The molecule has 0 heterocycles. The predicted octanol–water partition coefficient (Wildman–Crippen LogP) is 3.28. The van der Waals surface area contributed by atoms with Gasteiger partial charge in [-0.3, -0.25) is 0 Å². The highest BCUT2D eigenvalue weighted by Gasteiger charge is 2.29. The first-order valence-corrected chi connectivity index (χ1v) is 10.5. The fraction of sp³-hybridized carbons (Fsp3) is 0.350. The van der Waals surface area contributed by atoms with Crippen LogP contribution in [0.15, 0.2) is 48.5 Å². The Labute approximate surface area is 165 Å². The van der Waals surface area contributed by atoms with Gasteiger partial charge in [-0.1, -0.05) is 12.1 Å². The zero-order valence-corrected chi connectivity index (χ0v) is 16.9. The van der Waals surface area contributed by atoms with E-state index in [2.05, 4.69) is 0 Å². The van der Waals surface area contributed by atoms with Gasteiger partial charge in [0, 0.05) is 0 Å². The standard InChI is InChI=1S/C20H24O7S/c1-20(2,19(21)22)26-18-8-4-6-15(14-18)7-5-13-25-16-9-11-17(12-10-16)27-28(3,23)24/h4,6,8-12,14H,5,7,13H2,1-3H3,(H,21,22). The van der Waals surface area contributed by atoms with Crippen molar-refractivity contribution < 1.29 is 32.0 Å². The summed E-state index contributed by atoms with van der Waals surface area (Å²) in [6.07, 6.45) is 2.47. The Kier molecular flexibility index (Phi) is 6.90. The molecule has 0 unspecified atom stereocenters. The molecule has 152 valence electrons. The van der Waals surface area contributed by atoms with E-state index in [4.69, 9.17) is 18.8 Å². The average molecular weight is 408 g/mol. The Bertz CT molecular complexity index is 902. The number of ether oxygens (including phenoxy) is 2. The van der Waals surface area contributed by atoms with Crippen LogP contribution in [0, 0.1) is 0 Å². The molecule has 0 aromatic heterocycles. The second-order valence-corrected chi connectivity index (χ2v) is 8.35. The summed E-state index contributed by atoms with van der Waals surface area (Å²) in [6, 6.07) is 13.7. The van der Waals surface area contributed by atoms with E-state index >= 15 is 0 Å². The molecular weight excluding hydrogens is 384 g/mol. The maximum absolute atomic E-state index is 11.2. The van der Waals surface area contributed by atoms with Gasteiger partial charge in [0.2, 0.25) is 0 Å². The van der Waals surface area contributed by atoms with Gasteiger partial charge in [0.05, 0.1) is 12.9 Å². The number of carboxylic acid groups (broad SMARTS) is 1. The van der Waals surface area contributed by atoms with Gasteiger partial charge in [0.1, 0.15) is 17.2 Å². The summed E-state index contributed by atoms with van der Waals surface area (Å²) in [5.74, 6) is 0.323. The summed E-state index contributed by atoms with van der Waals surface area (Å²) in [4.78, 5) is 11.2. The number of aliphatic carboxylic acids is 1. The number of aryl methyl sites for hydroxylation is 1. The average Bonchev–Trinajstić information content (AvgIpc) is 2.58. The highest BCUT2D eigenvalue weighted by molar-refractivity contribution is 7.86. The van der Waals surface area contributed by atoms with Gasteiger partial charge >= 0.3 is 16.1 Å². The van der Waals surface area contributed by atoms with E-state index in [0.29, 0.717) is 18.1 Å². The molecule has 7 nitrogen and oxygen atoms in total. The minimum Gasteiger partial charge on any atom is -0.494 e. The molecule has 0 fully saturated rings. The highest BCUT2D eigenvalue weighted by Crippen LogP contribution is 2.21. The van der Waals surface area contributed by atoms with Crippen molar-refractivity contribution in [3.63, 3.8) is 0 Å². The third kappa shape index (κ3) is 7.11. The first-order valence-electron chi connectivity index (χ1n) is 8.69. The van der Waals surface area contributed by atoms with Gasteiger partial charge < -0.3 is 18.8 Å². The Hall–Kier alpha value is -2.74. The Morgan fingerprint density at radius 2 is 1.68 bits per heavy atom. The van der Waals surface area contributed by atoms with Crippen LogP contribution in [0.1, 0.15) is 25.8 Å². The van der Waals surface area contributed by atoms with E-state index in [0.717, 1.165) is 24.7 Å². The van der Waals surface area contributed by atoms with E-state index in [9.17, 15) is 13.2 Å². The second kappa shape index (κ2) is 8.97. The number of hydrogen-bond acceptors (Lipinski definition) is 6. The molecule has 0 radical (unpaired) electrons. The molecule has 0 spiro atoms. The highest BCUT2D eigenvalue weighted by atomic mass is 32.2. The second-order valence-electron chi connectivity index (χ2n) is 6.78. The van der Waals surface area contributed by atoms with Crippen LogP contribution >= 0.6 is 0 Å². The summed E-state index contributed by atoms with van der Waals surface area (Å²) in [7, 11) is -3.55. The lowest BCUT2D eigenvalue weighted by Gasteiger charge is -2.21. The van der Waals surface area contributed by atoms with Crippen LogP contribution in [-0.4, -0.2) is 38.0 Å². The quantitative estimate of drug-likeness (QED) is 0.476. The van der Waals surface area contributed by atoms with Crippen LogP contribution in [0.4, 0.5) is 0 Å². The zero-order chi connectivity index (χ0) is 20.8. The van der Waals surface area contributed by atoms with E-state index in [1.807, 2.05) is 18.2 Å². The van der Waals surface area contributed by atoms with Crippen LogP contribution in [0.2, 0.25) is 0 Å². The summed E-state index contributed by atoms with van der Waals surface area (Å²) >= 11 is 0. The third-order valence-electron chi connectivity index (χ3n) is 3.74. The summed E-state index contributed by atoms with van der Waals surface area (Å²) in [6.45, 7) is 3.47. The van der Waals surface area contributed by atoms with Crippen molar-refractivity contribution in [1.29, 1.82) is 0 Å². The molecule has 0 aliphatic carbocycles. The largest absolute Gasteiger partial charge is 0.494 e. The lowest BCUT2D eigenvalue weighted by molar-refractivity contribution is -0.152. The van der Waals surface area contributed by atoms with Crippen LogP contribution in [-0.2, 0) is 21.3 Å². The van der Waals surface area contributed by atoms with Crippen LogP contribution in [0.5, 0.6) is 17.2 Å². The maximum Gasteiger partial charge on any atom is 0.347 e. The SMILES string of the molecule is CC(C)(Oc1cccc(CCCOc2ccc(OS(C)(=O)=O)cc2)c1)C(=O)O. The van der Waals surface area contributed by atoms with Gasteiger partial charge in [-0.15, -0.1) is 0 Å². The van der Waals surface area contributed by atoms with Crippen LogP contribution < -0.4 is 13.7 Å². The summed E-state index contributed by atoms with van der Waals surface area (Å²) in [5, 5.41) is 9.15. The Balaban J connectivity index is 1.82. The monoisotopic (exact) mass is 408 g/mol. The molecule has 1 N–H and O–H groups in total. The van der Waals surface area contributed by atoms with Crippen molar-refractivity contribution in [1.82, 2.24) is 0 Å². The van der Waals surface area contributed by atoms with Crippen LogP contribution in [0.3, 0.4) is 0 Å². The van der Waals surface area contributed by atoms with Gasteiger partial charge in [-0.05, 0) is 68.7 Å². The maximum atomic E-state index is 11.2. The van der Waals surface area contributed by atoms with E-state index in [-0.39, 0.29) is 5.75 Å². The lowest BCUT2D eigenvalue weighted by Crippen LogP contribution is -2.37. The van der Waals surface area contributed by atoms with Crippen molar-refractivity contribution in [2.24, 2.45) is 0 Å². The molecule has 2 rings (SSSR count). The van der Waals surface area contributed by atoms with E-state index in [1.54, 1.807) is 18.2 Å². The van der Waals surface area contributed by atoms with Crippen molar-refractivity contribution in [3.8, 4) is 17.2 Å². The molecule has 28 heavy (non-hydrogen) atoms. The smallest absolute Gasteiger partial charge is 0.347 e. The van der Waals surface area contributed by atoms with Crippen molar-refractivity contribution >= 4 is 16.1 Å². The first-order chi connectivity index (χ1) is 13.0. The Morgan fingerprint density at radius 3 is 2.29 bits per heavy atom. The molecule has 0 aliphatic heterocycles. The predicted molar refractivity (Wildman–Crippen MR) is 105 cm³/mol. The van der Waals surface area contributed by atoms with Crippen molar-refractivity contribution in [2.45, 2.75) is 32.3 Å². The summed E-state index contributed by atoms with van der Waals surface area (Å²) in [5.41, 5.74) is -0.284. The molecule has 0 bridgehead atoms. The number of carboxylic acids is 1. The van der Waals surface area contributed by atoms with Gasteiger partial charge in [0.15, 0.2) is 5.60 Å². The van der Waals surface area contributed by atoms with Gasteiger partial charge in [-0.2, -0.15) is 8.42 Å². The molecule has 0 saturated carbocycles. The minimum absolute atomic E-state index is 0.232. The zero-order valence-electron chi connectivity index (χ0n) is 16.0. The number of carbonyl (C=O) groups is 1. The lowest BCUT2D eigenvalue weighted by atomic mass is 10.1. The van der Waals surface area contributed by atoms with Crippen molar-refractivity contribution in [2.75, 3.05) is 12.9 Å². The molecule has 0 atom stereocenters. The van der Waals surface area contributed by atoms with Gasteiger partial charge in [0.25, 0.3) is 0 Å². The minimum atomic E-state index is -3.55. The molecular formula is C20H24O7S. The molecule has 8 heteroatoms. The Morgan fingerprint density at radius 1 is 1.04 bits per heavy atom. The molecule has 2 aromatic rings. The molecule has 2 aromatic carbocycles.